The van der Waals surface area contributed by atoms with E-state index in [0.717, 1.165) is 17.7 Å². The summed E-state index contributed by atoms with van der Waals surface area (Å²) in [6.45, 7) is 12.6. The van der Waals surface area contributed by atoms with Crippen LogP contribution in [-0.4, -0.2) is 15.9 Å². The van der Waals surface area contributed by atoms with Gasteiger partial charge in [-0.25, -0.2) is 0 Å². The van der Waals surface area contributed by atoms with Crippen LogP contribution < -0.4 is 0 Å². The Hall–Kier alpha value is -3.07. The average Bonchev–Trinajstić information content (AvgIpc) is 2.99. The van der Waals surface area contributed by atoms with Crippen molar-refractivity contribution in [2.45, 2.75) is 60.8 Å². The summed E-state index contributed by atoms with van der Waals surface area (Å²) in [4.78, 5) is 16.0. The molecule has 4 heteroatoms. The van der Waals surface area contributed by atoms with E-state index >= 15 is 0 Å². The zero-order chi connectivity index (χ0) is 28.1. The SMILES string of the molecule is CC(C)CC(=O)/C=C(\O)CC(C)C.CC(C)Cc1ccc2c3c(nccc13)-c1[c-]cccc1-c1ccccc1-2.[Ir]. The topological polar surface area (TPSA) is 50.2 Å². The van der Waals surface area contributed by atoms with E-state index in [4.69, 9.17) is 4.98 Å². The quantitative estimate of drug-likeness (QED) is 0.104. The fourth-order valence-corrected chi connectivity index (χ4v) is 5.33. The molecule has 0 unspecified atom stereocenters. The second kappa shape index (κ2) is 14.0. The monoisotopic (exact) mass is 711 g/mol. The van der Waals surface area contributed by atoms with Gasteiger partial charge in [-0.2, -0.15) is 0 Å². The molecule has 3 nitrogen and oxygen atoms in total. The maximum Gasteiger partial charge on any atom is 0.159 e. The first-order chi connectivity index (χ1) is 18.7. The zero-order valence-electron chi connectivity index (χ0n) is 24.4. The number of hydrogen-bond donors (Lipinski definition) is 1. The van der Waals surface area contributed by atoms with Crippen LogP contribution in [0, 0.1) is 23.8 Å². The van der Waals surface area contributed by atoms with Gasteiger partial charge in [0.15, 0.2) is 5.78 Å². The van der Waals surface area contributed by atoms with Gasteiger partial charge in [-0.05, 0) is 63.4 Å². The predicted molar refractivity (Wildman–Crippen MR) is 164 cm³/mol. The molecule has 5 rings (SSSR count). The number of rotatable bonds is 7. The first kappa shape index (κ1) is 31.5. The van der Waals surface area contributed by atoms with Crippen molar-refractivity contribution in [3.63, 3.8) is 0 Å². The molecule has 1 aliphatic carbocycles. The largest absolute Gasteiger partial charge is 0.512 e. The zero-order valence-corrected chi connectivity index (χ0v) is 26.8. The summed E-state index contributed by atoms with van der Waals surface area (Å²) < 4.78 is 0. The van der Waals surface area contributed by atoms with Crippen molar-refractivity contribution in [1.82, 2.24) is 4.98 Å². The van der Waals surface area contributed by atoms with Crippen LogP contribution in [-0.2, 0) is 31.3 Å². The molecule has 0 amide bonds. The first-order valence-electron chi connectivity index (χ1n) is 14.1. The summed E-state index contributed by atoms with van der Waals surface area (Å²) in [5.41, 5.74) is 8.58. The molecule has 1 heterocycles. The van der Waals surface area contributed by atoms with Crippen LogP contribution in [0.2, 0.25) is 0 Å². The van der Waals surface area contributed by atoms with Crippen LogP contribution in [0.4, 0.5) is 0 Å². The minimum atomic E-state index is 0. The molecule has 3 aromatic carbocycles. The van der Waals surface area contributed by atoms with Gasteiger partial charge < -0.3 is 10.1 Å². The molecule has 1 N–H and O–H groups in total. The van der Waals surface area contributed by atoms with Gasteiger partial charge in [0.25, 0.3) is 0 Å². The molecule has 211 valence electrons. The molecule has 0 aliphatic heterocycles. The van der Waals surface area contributed by atoms with E-state index in [1.165, 1.54) is 44.7 Å². The summed E-state index contributed by atoms with van der Waals surface area (Å²) in [5, 5.41) is 11.9. The Bertz CT molecular complexity index is 1450. The van der Waals surface area contributed by atoms with Crippen molar-refractivity contribution < 1.29 is 30.0 Å². The van der Waals surface area contributed by atoms with Gasteiger partial charge in [0, 0.05) is 45.2 Å². The summed E-state index contributed by atoms with van der Waals surface area (Å²) in [6.07, 6.45) is 5.49. The van der Waals surface area contributed by atoms with E-state index in [0.29, 0.717) is 30.6 Å². The Morgan fingerprint density at radius 2 is 1.48 bits per heavy atom. The molecule has 0 atom stereocenters. The van der Waals surface area contributed by atoms with Crippen LogP contribution in [0.25, 0.3) is 44.3 Å². The van der Waals surface area contributed by atoms with Gasteiger partial charge in [-0.1, -0.05) is 89.1 Å². The number of benzene rings is 3. The predicted octanol–water partition coefficient (Wildman–Crippen LogP) is 9.63. The summed E-state index contributed by atoms with van der Waals surface area (Å²) in [6, 6.07) is 25.2. The number of aliphatic hydroxyl groups is 1. The average molecular weight is 711 g/mol. The van der Waals surface area contributed by atoms with E-state index in [1.807, 2.05) is 40.0 Å². The number of fused-ring (bicyclic) bond motifs is 5. The second-order valence-corrected chi connectivity index (χ2v) is 11.8. The van der Waals surface area contributed by atoms with E-state index in [1.54, 1.807) is 0 Å². The van der Waals surface area contributed by atoms with Crippen molar-refractivity contribution in [1.29, 1.82) is 0 Å². The number of allylic oxidation sites excluding steroid dienone is 2. The van der Waals surface area contributed by atoms with Gasteiger partial charge in [-0.3, -0.25) is 4.79 Å². The molecule has 0 bridgehead atoms. The number of nitrogens with zero attached hydrogens (tertiary/aromatic N) is 1. The molecule has 1 aromatic heterocycles. The molecule has 0 saturated heterocycles. The van der Waals surface area contributed by atoms with Gasteiger partial charge >= 0.3 is 0 Å². The molecule has 0 fully saturated rings. The van der Waals surface area contributed by atoms with Gasteiger partial charge in [0.2, 0.25) is 0 Å². The number of aliphatic hydroxyl groups excluding tert-OH is 1. The Morgan fingerprint density at radius 3 is 2.12 bits per heavy atom. The maximum atomic E-state index is 11.2. The summed E-state index contributed by atoms with van der Waals surface area (Å²) >= 11 is 0. The fraction of sp³-hybridized carbons (Fsp3) is 0.333. The molecule has 4 aromatic rings. The first-order valence-corrected chi connectivity index (χ1v) is 14.1. The van der Waals surface area contributed by atoms with Crippen LogP contribution in [0.1, 0.15) is 59.9 Å². The van der Waals surface area contributed by atoms with Crippen LogP contribution >= 0.6 is 0 Å². The smallest absolute Gasteiger partial charge is 0.159 e. The Labute approximate surface area is 253 Å². The van der Waals surface area contributed by atoms with E-state index in [-0.39, 0.29) is 31.6 Å². The van der Waals surface area contributed by atoms with Crippen molar-refractivity contribution in [2.75, 3.05) is 0 Å². The number of carbonyl (C=O) groups is 1. The number of aromatic nitrogens is 1. The normalized spacial score (nSPS) is 11.9. The molecular formula is C36H40IrNO2-. The molecule has 1 radical (unpaired) electrons. The van der Waals surface area contributed by atoms with E-state index < -0.39 is 0 Å². The maximum absolute atomic E-state index is 11.2. The number of carbonyl (C=O) groups excluding carboxylic acids is 1. The van der Waals surface area contributed by atoms with Crippen molar-refractivity contribution >= 4 is 16.6 Å². The second-order valence-electron chi connectivity index (χ2n) is 11.8. The number of ketones is 1. The fourth-order valence-electron chi connectivity index (χ4n) is 5.33. The van der Waals surface area contributed by atoms with Crippen LogP contribution in [0.3, 0.4) is 0 Å². The summed E-state index contributed by atoms with van der Waals surface area (Å²) in [7, 11) is 0. The third-order valence-electron chi connectivity index (χ3n) is 6.80. The minimum absolute atomic E-state index is 0. The van der Waals surface area contributed by atoms with E-state index in [9.17, 15) is 9.90 Å². The number of pyridine rings is 1. The minimum Gasteiger partial charge on any atom is -0.512 e. The molecule has 40 heavy (non-hydrogen) atoms. The third-order valence-corrected chi connectivity index (χ3v) is 6.80. The van der Waals surface area contributed by atoms with Crippen molar-refractivity contribution in [3.05, 3.63) is 90.3 Å². The third kappa shape index (κ3) is 7.36. The number of hydrogen-bond acceptors (Lipinski definition) is 3. The standard InChI is InChI=1S/C25H20N.C11H20O2.Ir/c1-16(2)15-17-11-12-22-20-8-4-3-7-19(20)21-9-5-6-10-23(21)25-24(22)18(17)13-14-26-25;1-8(2)5-10(12)7-11(13)6-9(3)4;/h3-9,11-14,16H,15H2,1-2H3;7-9,12H,5-6H2,1-4H3;/q-1;;/b;10-7-;. The Kier molecular flexibility index (Phi) is 11.0. The van der Waals surface area contributed by atoms with E-state index in [2.05, 4.69) is 74.5 Å². The molecule has 1 aliphatic rings. The molecule has 0 spiro atoms. The van der Waals surface area contributed by atoms with Crippen molar-refractivity contribution in [3.8, 4) is 33.5 Å². The van der Waals surface area contributed by atoms with Crippen molar-refractivity contribution in [2.24, 2.45) is 17.8 Å². The summed E-state index contributed by atoms with van der Waals surface area (Å²) in [5.74, 6) is 1.60. The van der Waals surface area contributed by atoms with Gasteiger partial charge in [-0.15, -0.1) is 29.8 Å². The van der Waals surface area contributed by atoms with Crippen LogP contribution in [0.5, 0.6) is 0 Å². The Balaban J connectivity index is 0.000000272. The van der Waals surface area contributed by atoms with Gasteiger partial charge in [0.05, 0.1) is 5.76 Å². The Morgan fingerprint density at radius 1 is 0.825 bits per heavy atom. The molecular weight excluding hydrogens is 671 g/mol. The van der Waals surface area contributed by atoms with Crippen LogP contribution in [0.15, 0.2) is 78.7 Å². The molecule has 0 saturated carbocycles. The van der Waals surface area contributed by atoms with Gasteiger partial charge in [0.1, 0.15) is 0 Å².